The van der Waals surface area contributed by atoms with Gasteiger partial charge in [-0.15, -0.1) is 0 Å². The maximum Gasteiger partial charge on any atom is 0.185 e. The van der Waals surface area contributed by atoms with E-state index in [9.17, 15) is 0 Å². The van der Waals surface area contributed by atoms with Crippen molar-refractivity contribution in [1.82, 2.24) is 49.1 Å². The van der Waals surface area contributed by atoms with Crippen LogP contribution in [-0.4, -0.2) is 60.0 Å². The van der Waals surface area contributed by atoms with Crippen molar-refractivity contribution in [2.24, 2.45) is 0 Å². The fourth-order valence-corrected chi connectivity index (χ4v) is 6.10. The molecule has 0 aliphatic rings. The first kappa shape index (κ1) is 48.2. The topological polar surface area (TPSA) is 160 Å². The summed E-state index contributed by atoms with van der Waals surface area (Å²) >= 11 is 0. The first-order chi connectivity index (χ1) is 24.3. The molecular formula is C42H60Cu2N10O2. The van der Waals surface area contributed by atoms with Gasteiger partial charge >= 0.3 is 0 Å². The van der Waals surface area contributed by atoms with Crippen LogP contribution in [0, 0.1) is 0 Å². The van der Waals surface area contributed by atoms with Crippen molar-refractivity contribution < 1.29 is 45.1 Å². The molecule has 6 aromatic rings. The predicted molar refractivity (Wildman–Crippen MR) is 214 cm³/mol. The van der Waals surface area contributed by atoms with E-state index in [1.165, 1.54) is 0 Å². The van der Waals surface area contributed by atoms with Gasteiger partial charge in [0.1, 0.15) is 0 Å². The van der Waals surface area contributed by atoms with Crippen molar-refractivity contribution >= 4 is 0 Å². The van der Waals surface area contributed by atoms with Gasteiger partial charge in [0.2, 0.25) is 0 Å². The van der Waals surface area contributed by atoms with Crippen molar-refractivity contribution in [3.05, 3.63) is 131 Å². The van der Waals surface area contributed by atoms with Gasteiger partial charge < -0.3 is 11.0 Å². The Kier molecular flexibility index (Phi) is 15.6. The number of pyridine rings is 2. The number of nitrogens with zero attached hydrogens (tertiary/aromatic N) is 10. The minimum absolute atomic E-state index is 0. The Morgan fingerprint density at radius 2 is 0.661 bits per heavy atom. The first-order valence-corrected chi connectivity index (χ1v) is 18.4. The van der Waals surface area contributed by atoms with Crippen molar-refractivity contribution in [3.63, 3.8) is 0 Å². The second-order valence-electron chi connectivity index (χ2n) is 18.1. The monoisotopic (exact) mass is 862 g/mol. The molecule has 0 saturated carbocycles. The van der Waals surface area contributed by atoms with Crippen molar-refractivity contribution in [1.29, 1.82) is 0 Å². The molecule has 0 spiro atoms. The zero-order valence-corrected chi connectivity index (χ0v) is 36.6. The molecule has 6 heterocycles. The fourth-order valence-electron chi connectivity index (χ4n) is 6.10. The zero-order valence-electron chi connectivity index (χ0n) is 34.7. The fraction of sp³-hybridized carbons (Fsp3) is 0.476. The minimum Gasteiger partial charge on any atom is -0.412 e. The van der Waals surface area contributed by atoms with E-state index in [-0.39, 0.29) is 79.1 Å². The molecule has 0 aromatic carbocycles. The molecule has 0 fully saturated rings. The van der Waals surface area contributed by atoms with Crippen molar-refractivity contribution in [3.8, 4) is 0 Å². The van der Waals surface area contributed by atoms with Gasteiger partial charge in [0.25, 0.3) is 0 Å². The SMILES string of the molecule is CC(C)(C)c1ccn(C(c2cccc(CCc3cccc(C(n4ccc(C(C)(C)C)n4)n4ccc(C(C)(C)C)n4)n3)n2)n2ccc(C(C)(C)C)n2)n1.O.O.[Cu].[Cu]. The van der Waals surface area contributed by atoms with Crippen molar-refractivity contribution in [2.75, 3.05) is 0 Å². The van der Waals surface area contributed by atoms with Crippen LogP contribution in [-0.2, 0) is 68.6 Å². The molecule has 2 radical (unpaired) electrons. The molecule has 0 unspecified atom stereocenters. The Morgan fingerprint density at radius 1 is 0.411 bits per heavy atom. The third kappa shape index (κ3) is 10.9. The maximum atomic E-state index is 5.21. The number of aryl methyl sites for hydroxylation is 2. The number of rotatable bonds is 9. The molecule has 0 saturated heterocycles. The third-order valence-electron chi connectivity index (χ3n) is 9.33. The smallest absolute Gasteiger partial charge is 0.185 e. The van der Waals surface area contributed by atoms with E-state index in [4.69, 9.17) is 30.4 Å². The van der Waals surface area contributed by atoms with E-state index in [1.54, 1.807) is 0 Å². The summed E-state index contributed by atoms with van der Waals surface area (Å²) in [6, 6.07) is 20.9. The Labute approximate surface area is 353 Å². The largest absolute Gasteiger partial charge is 0.412 e. The summed E-state index contributed by atoms with van der Waals surface area (Å²) in [5.41, 5.74) is 7.52. The molecule has 6 rings (SSSR count). The van der Waals surface area contributed by atoms with Gasteiger partial charge in [0.15, 0.2) is 12.3 Å². The summed E-state index contributed by atoms with van der Waals surface area (Å²) < 4.78 is 7.94. The summed E-state index contributed by atoms with van der Waals surface area (Å²) in [6.07, 6.45) is 8.96. The van der Waals surface area contributed by atoms with E-state index >= 15 is 0 Å². The molecule has 12 nitrogen and oxygen atoms in total. The van der Waals surface area contributed by atoms with Crippen LogP contribution >= 0.6 is 0 Å². The first-order valence-electron chi connectivity index (χ1n) is 18.4. The molecular weight excluding hydrogens is 804 g/mol. The second kappa shape index (κ2) is 18.1. The number of hydrogen-bond acceptors (Lipinski definition) is 6. The van der Waals surface area contributed by atoms with Gasteiger partial charge in [-0.1, -0.05) is 95.2 Å². The van der Waals surface area contributed by atoms with Gasteiger partial charge in [0.05, 0.1) is 34.2 Å². The van der Waals surface area contributed by atoms with E-state index in [2.05, 4.69) is 144 Å². The predicted octanol–water partition coefficient (Wildman–Crippen LogP) is 6.77. The van der Waals surface area contributed by atoms with Crippen LogP contribution in [0.1, 0.15) is 141 Å². The Balaban J connectivity index is 0.00000271. The van der Waals surface area contributed by atoms with Crippen LogP contribution in [0.25, 0.3) is 0 Å². The molecule has 0 bridgehead atoms. The van der Waals surface area contributed by atoms with Crippen molar-refractivity contribution in [2.45, 2.75) is 130 Å². The molecule has 0 amide bonds. The van der Waals surface area contributed by atoms with E-state index in [0.717, 1.165) is 58.4 Å². The molecule has 6 aromatic heterocycles. The van der Waals surface area contributed by atoms with Crippen LogP contribution < -0.4 is 0 Å². The summed E-state index contributed by atoms with van der Waals surface area (Å²) in [5.74, 6) is 0. The zero-order chi connectivity index (χ0) is 37.6. The second-order valence-corrected chi connectivity index (χ2v) is 18.1. The average Bonchev–Trinajstić information content (AvgIpc) is 3.87. The molecule has 0 aliphatic carbocycles. The van der Waals surface area contributed by atoms with Gasteiger partial charge in [-0.2, -0.15) is 20.4 Å². The molecule has 56 heavy (non-hydrogen) atoms. The normalized spacial score (nSPS) is 12.2. The quantitative estimate of drug-likeness (QED) is 0.146. The van der Waals surface area contributed by atoms with Gasteiger partial charge in [-0.25, -0.2) is 18.7 Å². The van der Waals surface area contributed by atoms with Crippen LogP contribution in [0.4, 0.5) is 0 Å². The Bertz CT molecular complexity index is 1880. The summed E-state index contributed by atoms with van der Waals surface area (Å²) in [4.78, 5) is 10.4. The van der Waals surface area contributed by atoms with Crippen LogP contribution in [0.3, 0.4) is 0 Å². The number of aromatic nitrogens is 10. The Hall–Kier alpha value is -3.90. The molecule has 14 heteroatoms. The van der Waals surface area contributed by atoms with E-state index < -0.39 is 0 Å². The van der Waals surface area contributed by atoms with Crippen LogP contribution in [0.15, 0.2) is 85.5 Å². The van der Waals surface area contributed by atoms with Crippen LogP contribution in [0.2, 0.25) is 0 Å². The average molecular weight is 864 g/mol. The van der Waals surface area contributed by atoms with Gasteiger partial charge in [-0.05, 0) is 61.4 Å². The standard InChI is InChI=1S/C42H56N10.2Cu.2H2O/c1-39(2,3)33-21-25-49(45-33)37(50-26-22-34(46-50)40(4,5)6)31-17-13-15-29(43-31)19-20-30-16-14-18-32(44-30)38(51-27-23-35(47-51)41(7,8)9)52-28-24-36(48-52)42(10,11)12;;;;/h13-18,21-28,37-38H,19-20H2,1-12H3;;;2*1H2. The molecule has 312 valence electrons. The van der Waals surface area contributed by atoms with Crippen LogP contribution in [0.5, 0.6) is 0 Å². The van der Waals surface area contributed by atoms with Gasteiger partial charge in [-0.3, -0.25) is 9.97 Å². The molecule has 0 aliphatic heterocycles. The minimum atomic E-state index is -0.325. The number of hydrogen-bond donors (Lipinski definition) is 0. The summed E-state index contributed by atoms with van der Waals surface area (Å²) in [6.45, 7) is 26.2. The summed E-state index contributed by atoms with van der Waals surface area (Å²) in [7, 11) is 0. The Morgan fingerprint density at radius 3 is 0.875 bits per heavy atom. The summed E-state index contributed by atoms with van der Waals surface area (Å²) in [5, 5.41) is 20.1. The van der Waals surface area contributed by atoms with Gasteiger partial charge in [0, 0.05) is 92.0 Å². The molecule has 4 N–H and O–H groups in total. The van der Waals surface area contributed by atoms with E-state index in [0.29, 0.717) is 0 Å². The molecule has 0 atom stereocenters. The van der Waals surface area contributed by atoms with E-state index in [1.807, 2.05) is 43.5 Å². The maximum absolute atomic E-state index is 5.21. The third-order valence-corrected chi connectivity index (χ3v) is 9.33.